The fraction of sp³-hybridized carbons (Fsp3) is 1.00. The van der Waals surface area contributed by atoms with E-state index in [1.165, 1.54) is 12.8 Å². The zero-order valence-electron chi connectivity index (χ0n) is 12.4. The standard InChI is InChI=1S/C14H30N2O2/c1-5-12(2)16(7-9-17-4)10-14(15-3)13-6-8-18-11-13/h12-15H,5-11H2,1-4H3. The number of ether oxygens (including phenoxy) is 2. The van der Waals surface area contributed by atoms with Crippen LogP contribution in [-0.2, 0) is 9.47 Å². The zero-order chi connectivity index (χ0) is 13.4. The number of likely N-dealkylation sites (N-methyl/N-ethyl adjacent to an activating group) is 1. The molecular weight excluding hydrogens is 228 g/mol. The van der Waals surface area contributed by atoms with Crippen LogP contribution in [0.3, 0.4) is 0 Å². The van der Waals surface area contributed by atoms with Gasteiger partial charge in [-0.15, -0.1) is 0 Å². The Morgan fingerprint density at radius 3 is 2.78 bits per heavy atom. The Labute approximate surface area is 112 Å². The number of nitrogens with zero attached hydrogens (tertiary/aromatic N) is 1. The molecule has 1 rings (SSSR count). The number of nitrogens with one attached hydrogen (secondary N) is 1. The lowest BCUT2D eigenvalue weighted by Gasteiger charge is -2.33. The monoisotopic (exact) mass is 258 g/mol. The lowest BCUT2D eigenvalue weighted by atomic mass is 9.98. The molecule has 1 heterocycles. The largest absolute Gasteiger partial charge is 0.383 e. The van der Waals surface area contributed by atoms with Gasteiger partial charge in [0.05, 0.1) is 13.2 Å². The van der Waals surface area contributed by atoms with E-state index in [0.717, 1.165) is 32.9 Å². The molecular formula is C14H30N2O2. The number of methoxy groups -OCH3 is 1. The predicted octanol–water partition coefficient (Wildman–Crippen LogP) is 1.36. The lowest BCUT2D eigenvalue weighted by molar-refractivity contribution is 0.103. The number of hydrogen-bond acceptors (Lipinski definition) is 4. The fourth-order valence-corrected chi connectivity index (χ4v) is 2.56. The van der Waals surface area contributed by atoms with Crippen molar-refractivity contribution < 1.29 is 9.47 Å². The predicted molar refractivity (Wildman–Crippen MR) is 75.0 cm³/mol. The van der Waals surface area contributed by atoms with Crippen molar-refractivity contribution >= 4 is 0 Å². The maximum atomic E-state index is 5.51. The molecule has 1 aliphatic heterocycles. The van der Waals surface area contributed by atoms with E-state index < -0.39 is 0 Å². The molecule has 0 spiro atoms. The molecule has 4 nitrogen and oxygen atoms in total. The second kappa shape index (κ2) is 8.86. The highest BCUT2D eigenvalue weighted by Gasteiger charge is 2.27. The first-order chi connectivity index (χ1) is 8.72. The van der Waals surface area contributed by atoms with Crippen LogP contribution in [0.4, 0.5) is 0 Å². The van der Waals surface area contributed by atoms with E-state index in [1.807, 2.05) is 0 Å². The maximum absolute atomic E-state index is 5.51. The summed E-state index contributed by atoms with van der Waals surface area (Å²) in [6.07, 6.45) is 2.37. The van der Waals surface area contributed by atoms with Crippen LogP contribution in [0.25, 0.3) is 0 Å². The minimum atomic E-state index is 0.526. The molecule has 3 unspecified atom stereocenters. The van der Waals surface area contributed by atoms with Gasteiger partial charge >= 0.3 is 0 Å². The highest BCUT2D eigenvalue weighted by Crippen LogP contribution is 2.18. The van der Waals surface area contributed by atoms with E-state index in [4.69, 9.17) is 9.47 Å². The molecule has 0 saturated carbocycles. The van der Waals surface area contributed by atoms with E-state index in [9.17, 15) is 0 Å². The highest BCUT2D eigenvalue weighted by atomic mass is 16.5. The van der Waals surface area contributed by atoms with Crippen molar-refractivity contribution in [1.82, 2.24) is 10.2 Å². The molecule has 0 bridgehead atoms. The Morgan fingerprint density at radius 2 is 2.28 bits per heavy atom. The molecule has 1 fully saturated rings. The molecule has 18 heavy (non-hydrogen) atoms. The second-order valence-corrected chi connectivity index (χ2v) is 5.26. The van der Waals surface area contributed by atoms with Gasteiger partial charge in [-0.3, -0.25) is 4.90 Å². The van der Waals surface area contributed by atoms with E-state index in [0.29, 0.717) is 18.0 Å². The van der Waals surface area contributed by atoms with E-state index in [-0.39, 0.29) is 0 Å². The zero-order valence-corrected chi connectivity index (χ0v) is 12.4. The van der Waals surface area contributed by atoms with Gasteiger partial charge in [-0.1, -0.05) is 6.92 Å². The molecule has 0 aromatic heterocycles. The first-order valence-corrected chi connectivity index (χ1v) is 7.20. The molecule has 1 aliphatic rings. The van der Waals surface area contributed by atoms with Gasteiger partial charge < -0.3 is 14.8 Å². The van der Waals surface area contributed by atoms with Gasteiger partial charge in [0.15, 0.2) is 0 Å². The fourth-order valence-electron chi connectivity index (χ4n) is 2.56. The summed E-state index contributed by atoms with van der Waals surface area (Å²) in [5.74, 6) is 0.657. The summed E-state index contributed by atoms with van der Waals surface area (Å²) < 4.78 is 10.7. The van der Waals surface area contributed by atoms with Crippen LogP contribution in [-0.4, -0.2) is 64.1 Å². The molecule has 0 aromatic rings. The first-order valence-electron chi connectivity index (χ1n) is 7.20. The Morgan fingerprint density at radius 1 is 1.50 bits per heavy atom. The lowest BCUT2D eigenvalue weighted by Crippen LogP contribution is -2.48. The van der Waals surface area contributed by atoms with E-state index in [2.05, 4.69) is 31.1 Å². The molecule has 0 radical (unpaired) electrons. The smallest absolute Gasteiger partial charge is 0.0589 e. The Balaban J connectivity index is 2.49. The van der Waals surface area contributed by atoms with Crippen LogP contribution < -0.4 is 5.32 Å². The van der Waals surface area contributed by atoms with Crippen LogP contribution in [0.15, 0.2) is 0 Å². The van der Waals surface area contributed by atoms with E-state index >= 15 is 0 Å². The molecule has 4 heteroatoms. The van der Waals surface area contributed by atoms with Crippen LogP contribution in [0.2, 0.25) is 0 Å². The molecule has 1 saturated heterocycles. The van der Waals surface area contributed by atoms with Gasteiger partial charge in [-0.2, -0.15) is 0 Å². The van der Waals surface area contributed by atoms with Crippen molar-refractivity contribution in [2.45, 2.75) is 38.8 Å². The third-order valence-electron chi connectivity index (χ3n) is 4.13. The normalized spacial score (nSPS) is 23.5. The Bertz CT molecular complexity index is 208. The van der Waals surface area contributed by atoms with Crippen LogP contribution >= 0.6 is 0 Å². The minimum Gasteiger partial charge on any atom is -0.383 e. The average molecular weight is 258 g/mol. The summed E-state index contributed by atoms with van der Waals surface area (Å²) in [4.78, 5) is 2.53. The van der Waals surface area contributed by atoms with Crippen molar-refractivity contribution in [2.24, 2.45) is 5.92 Å². The number of hydrogen-bond donors (Lipinski definition) is 1. The van der Waals surface area contributed by atoms with Gasteiger partial charge in [0, 0.05) is 44.8 Å². The third-order valence-corrected chi connectivity index (χ3v) is 4.13. The SMILES string of the molecule is CCC(C)N(CCOC)CC(NC)C1CCOC1. The molecule has 0 aliphatic carbocycles. The van der Waals surface area contributed by atoms with Gasteiger partial charge in [0.1, 0.15) is 0 Å². The summed E-state index contributed by atoms with van der Waals surface area (Å²) in [6, 6.07) is 1.14. The second-order valence-electron chi connectivity index (χ2n) is 5.26. The average Bonchev–Trinajstić information content (AvgIpc) is 2.92. The van der Waals surface area contributed by atoms with Gasteiger partial charge in [-0.25, -0.2) is 0 Å². The summed E-state index contributed by atoms with van der Waals surface area (Å²) in [5, 5.41) is 3.47. The maximum Gasteiger partial charge on any atom is 0.0589 e. The van der Waals surface area contributed by atoms with Crippen LogP contribution in [0.5, 0.6) is 0 Å². The van der Waals surface area contributed by atoms with Crippen molar-refractivity contribution in [3.8, 4) is 0 Å². The summed E-state index contributed by atoms with van der Waals surface area (Å²) in [5.41, 5.74) is 0. The summed E-state index contributed by atoms with van der Waals surface area (Å²) in [6.45, 7) is 9.28. The Kier molecular flexibility index (Phi) is 7.82. The van der Waals surface area contributed by atoms with Crippen molar-refractivity contribution in [3.63, 3.8) is 0 Å². The molecule has 0 amide bonds. The Hall–Kier alpha value is -0.160. The minimum absolute atomic E-state index is 0.526. The van der Waals surface area contributed by atoms with Gasteiger partial charge in [0.2, 0.25) is 0 Å². The summed E-state index contributed by atoms with van der Waals surface area (Å²) >= 11 is 0. The first kappa shape index (κ1) is 15.9. The van der Waals surface area contributed by atoms with E-state index in [1.54, 1.807) is 7.11 Å². The van der Waals surface area contributed by atoms with Crippen molar-refractivity contribution in [1.29, 1.82) is 0 Å². The van der Waals surface area contributed by atoms with Gasteiger partial charge in [0.25, 0.3) is 0 Å². The number of rotatable bonds is 9. The molecule has 108 valence electrons. The van der Waals surface area contributed by atoms with Crippen molar-refractivity contribution in [2.75, 3.05) is 47.1 Å². The molecule has 3 atom stereocenters. The molecule has 1 N–H and O–H groups in total. The van der Waals surface area contributed by atoms with Crippen LogP contribution in [0.1, 0.15) is 26.7 Å². The van der Waals surface area contributed by atoms with Crippen molar-refractivity contribution in [3.05, 3.63) is 0 Å². The highest BCUT2D eigenvalue weighted by molar-refractivity contribution is 4.82. The van der Waals surface area contributed by atoms with Crippen LogP contribution in [0, 0.1) is 5.92 Å². The topological polar surface area (TPSA) is 33.7 Å². The summed E-state index contributed by atoms with van der Waals surface area (Å²) in [7, 11) is 3.84. The third kappa shape index (κ3) is 4.84. The quantitative estimate of drug-likeness (QED) is 0.677. The van der Waals surface area contributed by atoms with Gasteiger partial charge in [-0.05, 0) is 26.8 Å². The molecule has 0 aromatic carbocycles.